The lowest BCUT2D eigenvalue weighted by Gasteiger charge is -2.39. The Hall–Kier alpha value is -1.10. The molecule has 0 saturated heterocycles. The van der Waals surface area contributed by atoms with Crippen LogP contribution in [0.2, 0.25) is 0 Å². The van der Waals surface area contributed by atoms with E-state index in [4.69, 9.17) is 10.5 Å². The molecule has 1 aliphatic rings. The van der Waals surface area contributed by atoms with Gasteiger partial charge in [-0.05, 0) is 19.8 Å². The summed E-state index contributed by atoms with van der Waals surface area (Å²) < 4.78 is 5.31. The molecule has 0 radical (unpaired) electrons. The molecule has 16 heavy (non-hydrogen) atoms. The van der Waals surface area contributed by atoms with Crippen molar-refractivity contribution in [1.82, 2.24) is 4.90 Å². The molecule has 2 N–H and O–H groups in total. The molecular formula is C11H21N3O2. The average molecular weight is 227 g/mol. The summed E-state index contributed by atoms with van der Waals surface area (Å²) in [5.41, 5.74) is 5.22. The van der Waals surface area contributed by atoms with Gasteiger partial charge in [-0.15, -0.1) is 0 Å². The molecule has 0 aliphatic carbocycles. The van der Waals surface area contributed by atoms with E-state index in [0.717, 1.165) is 0 Å². The Kier molecular flexibility index (Phi) is 3.57. The first-order valence-corrected chi connectivity index (χ1v) is 5.53. The zero-order chi connectivity index (χ0) is 12.5. The number of hydrogen-bond acceptors (Lipinski definition) is 3. The summed E-state index contributed by atoms with van der Waals surface area (Å²) in [7, 11) is 1.61. The van der Waals surface area contributed by atoms with E-state index in [1.807, 2.05) is 13.8 Å². The lowest BCUT2D eigenvalue weighted by Crippen LogP contribution is -2.59. The van der Waals surface area contributed by atoms with E-state index in [0.29, 0.717) is 18.3 Å². The quantitative estimate of drug-likeness (QED) is 0.785. The van der Waals surface area contributed by atoms with Gasteiger partial charge in [-0.25, -0.2) is 4.79 Å². The van der Waals surface area contributed by atoms with E-state index in [1.165, 1.54) is 0 Å². The Bertz CT molecular complexity index is 314. The van der Waals surface area contributed by atoms with Crippen LogP contribution in [0.4, 0.5) is 4.79 Å². The number of carbonyl (C=O) groups is 1. The first-order chi connectivity index (χ1) is 7.33. The van der Waals surface area contributed by atoms with Crippen molar-refractivity contribution in [2.75, 3.05) is 13.7 Å². The number of amides is 2. The summed E-state index contributed by atoms with van der Waals surface area (Å²) in [6.07, 6.45) is -0.179. The highest BCUT2D eigenvalue weighted by Gasteiger charge is 2.48. The number of amidine groups is 1. The van der Waals surface area contributed by atoms with Crippen molar-refractivity contribution in [2.24, 2.45) is 16.6 Å². The third kappa shape index (κ3) is 1.91. The van der Waals surface area contributed by atoms with Gasteiger partial charge >= 0.3 is 6.03 Å². The van der Waals surface area contributed by atoms with Crippen LogP contribution >= 0.6 is 0 Å². The number of rotatable bonds is 4. The molecule has 0 saturated carbocycles. The number of urea groups is 1. The zero-order valence-corrected chi connectivity index (χ0v) is 10.7. The smallest absolute Gasteiger partial charge is 0.346 e. The van der Waals surface area contributed by atoms with Gasteiger partial charge in [0.05, 0.1) is 6.10 Å². The Balaban J connectivity index is 3.02. The second-order valence-electron chi connectivity index (χ2n) is 4.81. The first kappa shape index (κ1) is 13.0. The minimum atomic E-state index is -0.629. The van der Waals surface area contributed by atoms with Crippen molar-refractivity contribution in [2.45, 2.75) is 39.3 Å². The maximum absolute atomic E-state index is 11.8. The van der Waals surface area contributed by atoms with Crippen molar-refractivity contribution < 1.29 is 9.53 Å². The molecule has 5 heteroatoms. The van der Waals surface area contributed by atoms with Crippen LogP contribution in [-0.4, -0.2) is 42.1 Å². The van der Waals surface area contributed by atoms with Crippen molar-refractivity contribution in [1.29, 1.82) is 0 Å². The number of ether oxygens (including phenoxy) is 1. The normalized spacial score (nSPS) is 27.5. The molecule has 0 aromatic heterocycles. The molecule has 0 spiro atoms. The van der Waals surface area contributed by atoms with Gasteiger partial charge in [0.15, 0.2) is 0 Å². The molecule has 0 aromatic rings. The second-order valence-corrected chi connectivity index (χ2v) is 4.81. The third-order valence-electron chi connectivity index (χ3n) is 3.22. The molecule has 5 nitrogen and oxygen atoms in total. The SMILES string of the molecule is COC(C)C1(C)C(N)=NC(=O)N1CC(C)C. The lowest BCUT2D eigenvalue weighted by atomic mass is 9.92. The summed E-state index contributed by atoms with van der Waals surface area (Å²) in [5, 5.41) is 0. The third-order valence-corrected chi connectivity index (χ3v) is 3.22. The van der Waals surface area contributed by atoms with Crippen LogP contribution in [0.1, 0.15) is 27.7 Å². The lowest BCUT2D eigenvalue weighted by molar-refractivity contribution is 0.0222. The molecule has 2 unspecified atom stereocenters. The number of hydrogen-bond donors (Lipinski definition) is 1. The van der Waals surface area contributed by atoms with Gasteiger partial charge in [-0.1, -0.05) is 13.8 Å². The number of aliphatic imine (C=N–C) groups is 1. The second kappa shape index (κ2) is 4.41. The summed E-state index contributed by atoms with van der Waals surface area (Å²) in [4.78, 5) is 17.3. The Morgan fingerprint density at radius 1 is 1.50 bits per heavy atom. The Morgan fingerprint density at radius 3 is 2.50 bits per heavy atom. The molecule has 0 bridgehead atoms. The van der Waals surface area contributed by atoms with Gasteiger partial charge < -0.3 is 15.4 Å². The van der Waals surface area contributed by atoms with Crippen LogP contribution in [0.5, 0.6) is 0 Å². The van der Waals surface area contributed by atoms with Crippen LogP contribution < -0.4 is 5.73 Å². The van der Waals surface area contributed by atoms with Gasteiger partial charge in [-0.3, -0.25) is 0 Å². The van der Waals surface area contributed by atoms with E-state index < -0.39 is 5.54 Å². The number of nitrogens with zero attached hydrogens (tertiary/aromatic N) is 2. The summed E-state index contributed by atoms with van der Waals surface area (Å²) in [6, 6.07) is -0.266. The highest BCUT2D eigenvalue weighted by atomic mass is 16.5. The molecule has 2 amide bonds. The van der Waals surface area contributed by atoms with E-state index in [2.05, 4.69) is 18.8 Å². The van der Waals surface area contributed by atoms with E-state index in [1.54, 1.807) is 12.0 Å². The first-order valence-electron chi connectivity index (χ1n) is 5.53. The van der Waals surface area contributed by atoms with Gasteiger partial charge in [0.1, 0.15) is 11.4 Å². The highest BCUT2D eigenvalue weighted by Crippen LogP contribution is 2.29. The van der Waals surface area contributed by atoms with E-state index in [9.17, 15) is 4.79 Å². The Labute approximate surface area is 96.7 Å². The number of nitrogens with two attached hydrogens (primary N) is 1. The van der Waals surface area contributed by atoms with Crippen LogP contribution in [0.3, 0.4) is 0 Å². The fourth-order valence-electron chi connectivity index (χ4n) is 1.90. The zero-order valence-electron chi connectivity index (χ0n) is 10.7. The number of carbonyl (C=O) groups excluding carboxylic acids is 1. The standard InChI is InChI=1S/C11H21N3O2/c1-7(2)6-14-10(15)13-9(12)11(14,4)8(3)16-5/h7-8H,6H2,1-5H3,(H2,12,13,15). The van der Waals surface area contributed by atoms with Gasteiger partial charge in [-0.2, -0.15) is 4.99 Å². The maximum Gasteiger partial charge on any atom is 0.346 e. The van der Waals surface area contributed by atoms with Crippen molar-refractivity contribution >= 4 is 11.9 Å². The fourth-order valence-corrected chi connectivity index (χ4v) is 1.90. The topological polar surface area (TPSA) is 67.9 Å². The van der Waals surface area contributed by atoms with Crippen LogP contribution in [0.15, 0.2) is 4.99 Å². The molecule has 2 atom stereocenters. The van der Waals surface area contributed by atoms with Gasteiger partial charge in [0.25, 0.3) is 0 Å². The fraction of sp³-hybridized carbons (Fsp3) is 0.818. The van der Waals surface area contributed by atoms with Crippen molar-refractivity contribution in [3.63, 3.8) is 0 Å². The predicted octanol–water partition coefficient (Wildman–Crippen LogP) is 1.23. The predicted molar refractivity (Wildman–Crippen MR) is 63.4 cm³/mol. The maximum atomic E-state index is 11.8. The summed E-state index contributed by atoms with van der Waals surface area (Å²) in [5.74, 6) is 0.709. The molecule has 1 aliphatic heterocycles. The van der Waals surface area contributed by atoms with Crippen LogP contribution in [-0.2, 0) is 4.74 Å². The minimum Gasteiger partial charge on any atom is -0.385 e. The van der Waals surface area contributed by atoms with Gasteiger partial charge in [0, 0.05) is 13.7 Å². The average Bonchev–Trinajstić information content (AvgIpc) is 2.41. The summed E-state index contributed by atoms with van der Waals surface area (Å²) >= 11 is 0. The number of methoxy groups -OCH3 is 1. The van der Waals surface area contributed by atoms with Crippen LogP contribution in [0, 0.1) is 5.92 Å². The highest BCUT2D eigenvalue weighted by molar-refractivity contribution is 6.06. The molecule has 0 aromatic carbocycles. The summed E-state index contributed by atoms with van der Waals surface area (Å²) in [6.45, 7) is 8.54. The van der Waals surface area contributed by atoms with Crippen LogP contribution in [0.25, 0.3) is 0 Å². The van der Waals surface area contributed by atoms with Crippen molar-refractivity contribution in [3.8, 4) is 0 Å². The van der Waals surface area contributed by atoms with Crippen molar-refractivity contribution in [3.05, 3.63) is 0 Å². The van der Waals surface area contributed by atoms with E-state index >= 15 is 0 Å². The minimum absolute atomic E-state index is 0.179. The Morgan fingerprint density at radius 2 is 2.06 bits per heavy atom. The van der Waals surface area contributed by atoms with E-state index in [-0.39, 0.29) is 12.1 Å². The molecule has 1 heterocycles. The monoisotopic (exact) mass is 227 g/mol. The largest absolute Gasteiger partial charge is 0.385 e. The molecular weight excluding hydrogens is 206 g/mol. The molecule has 0 fully saturated rings. The molecule has 92 valence electrons. The molecule has 1 rings (SSSR count). The van der Waals surface area contributed by atoms with Gasteiger partial charge in [0.2, 0.25) is 0 Å².